The molecule has 0 spiro atoms. The van der Waals surface area contributed by atoms with Gasteiger partial charge in [-0.1, -0.05) is 0 Å². The summed E-state index contributed by atoms with van der Waals surface area (Å²) < 4.78 is 4.62. The molecule has 0 aromatic rings. The first kappa shape index (κ1) is 25.9. The Kier molecular flexibility index (Phi) is 11.8. The number of carboxylic acids is 2. The van der Waals surface area contributed by atoms with E-state index in [2.05, 4.69) is 28.0 Å². The van der Waals surface area contributed by atoms with Crippen LogP contribution in [0.15, 0.2) is 0 Å². The molecule has 0 saturated heterocycles. The monoisotopic (exact) mass is 437 g/mol. The Bertz CT molecular complexity index is 645. The van der Waals surface area contributed by atoms with Gasteiger partial charge in [0, 0.05) is 12.2 Å². The first-order valence-corrected chi connectivity index (χ1v) is 8.71. The van der Waals surface area contributed by atoms with Crippen molar-refractivity contribution < 1.29 is 43.7 Å². The van der Waals surface area contributed by atoms with Crippen LogP contribution in [0.5, 0.6) is 0 Å². The van der Waals surface area contributed by atoms with Crippen LogP contribution in [0.1, 0.15) is 12.8 Å². The van der Waals surface area contributed by atoms with Crippen molar-refractivity contribution in [3.63, 3.8) is 0 Å². The SMILES string of the molecule is NC(=O)N[C@@H](COC(=O)CNC(=O)C(CS)NC(=O)CCC(N)C(=O)O)C(=O)O. The van der Waals surface area contributed by atoms with Gasteiger partial charge in [-0.05, 0) is 6.42 Å². The summed E-state index contributed by atoms with van der Waals surface area (Å²) in [4.78, 5) is 67.4. The third-order valence-electron chi connectivity index (χ3n) is 3.27. The summed E-state index contributed by atoms with van der Waals surface area (Å²) in [6.07, 6.45) is -0.380. The molecular weight excluding hydrogens is 414 g/mol. The van der Waals surface area contributed by atoms with Crippen LogP contribution >= 0.6 is 12.6 Å². The summed E-state index contributed by atoms with van der Waals surface area (Å²) in [6, 6.07) is -5.03. The molecular formula is C14H23N5O9S. The van der Waals surface area contributed by atoms with E-state index in [0.29, 0.717) is 0 Å². The van der Waals surface area contributed by atoms with Crippen molar-refractivity contribution >= 4 is 48.4 Å². The normalized spacial score (nSPS) is 13.3. The number of hydrogen-bond donors (Lipinski definition) is 8. The summed E-state index contributed by atoms with van der Waals surface area (Å²) in [6.45, 7) is -1.37. The standard InChI is InChI=1S/C14H23N5O9S/c15-6(12(23)24)1-2-9(20)18-8(5-29)11(22)17-3-10(21)28-4-7(13(25)26)19-14(16)27/h6-8,29H,1-5,15H2,(H,17,22)(H,18,20)(H,23,24)(H,25,26)(H3,16,19,27)/t6?,7-,8?/m0/s1. The average Bonchev–Trinajstić information content (AvgIpc) is 2.64. The highest BCUT2D eigenvalue weighted by atomic mass is 32.1. The van der Waals surface area contributed by atoms with E-state index >= 15 is 0 Å². The zero-order valence-corrected chi connectivity index (χ0v) is 16.0. The Labute approximate surface area is 170 Å². The highest BCUT2D eigenvalue weighted by Crippen LogP contribution is 1.97. The van der Waals surface area contributed by atoms with Gasteiger partial charge in [-0.3, -0.25) is 19.2 Å². The van der Waals surface area contributed by atoms with Gasteiger partial charge >= 0.3 is 23.9 Å². The molecule has 0 aromatic carbocycles. The number of aliphatic carboxylic acids is 2. The molecule has 0 radical (unpaired) electrons. The van der Waals surface area contributed by atoms with E-state index in [1.54, 1.807) is 0 Å². The van der Waals surface area contributed by atoms with Crippen molar-refractivity contribution in [3.05, 3.63) is 0 Å². The fourth-order valence-corrected chi connectivity index (χ4v) is 1.98. The van der Waals surface area contributed by atoms with Crippen molar-refractivity contribution in [3.8, 4) is 0 Å². The molecule has 3 atom stereocenters. The predicted molar refractivity (Wildman–Crippen MR) is 98.7 cm³/mol. The number of carboxylic acid groups (broad SMARTS) is 2. The van der Waals surface area contributed by atoms with Crippen LogP contribution in [-0.2, 0) is 28.7 Å². The van der Waals surface area contributed by atoms with Gasteiger partial charge in [0.25, 0.3) is 0 Å². The molecule has 14 nitrogen and oxygen atoms in total. The fraction of sp³-hybridized carbons (Fsp3) is 0.571. The fourth-order valence-electron chi connectivity index (χ4n) is 1.73. The molecule has 15 heteroatoms. The van der Waals surface area contributed by atoms with Crippen molar-refractivity contribution in [1.29, 1.82) is 0 Å². The highest BCUT2D eigenvalue weighted by molar-refractivity contribution is 7.80. The highest BCUT2D eigenvalue weighted by Gasteiger charge is 2.23. The average molecular weight is 437 g/mol. The van der Waals surface area contributed by atoms with Crippen molar-refractivity contribution in [1.82, 2.24) is 16.0 Å². The minimum Gasteiger partial charge on any atom is -0.480 e. The van der Waals surface area contributed by atoms with Gasteiger partial charge in [-0.15, -0.1) is 0 Å². The Morgan fingerprint density at radius 2 is 1.62 bits per heavy atom. The maximum Gasteiger partial charge on any atom is 0.329 e. The van der Waals surface area contributed by atoms with Gasteiger partial charge in [-0.2, -0.15) is 12.6 Å². The third kappa shape index (κ3) is 11.4. The van der Waals surface area contributed by atoms with Crippen LogP contribution < -0.4 is 27.4 Å². The number of rotatable bonds is 13. The minimum atomic E-state index is -1.56. The lowest BCUT2D eigenvalue weighted by Gasteiger charge is -2.17. The molecule has 0 rings (SSSR count). The Balaban J connectivity index is 4.41. The van der Waals surface area contributed by atoms with Gasteiger partial charge in [-0.25, -0.2) is 9.59 Å². The molecule has 0 aromatic heterocycles. The Morgan fingerprint density at radius 1 is 1.00 bits per heavy atom. The summed E-state index contributed by atoms with van der Waals surface area (Å²) in [7, 11) is 0. The smallest absolute Gasteiger partial charge is 0.329 e. The quantitative estimate of drug-likeness (QED) is 0.104. The van der Waals surface area contributed by atoms with Crippen LogP contribution in [0.3, 0.4) is 0 Å². The van der Waals surface area contributed by atoms with Crippen molar-refractivity contribution in [2.75, 3.05) is 18.9 Å². The molecule has 0 bridgehead atoms. The lowest BCUT2D eigenvalue weighted by molar-refractivity contribution is -0.148. The van der Waals surface area contributed by atoms with Crippen LogP contribution in [0.2, 0.25) is 0 Å². The van der Waals surface area contributed by atoms with Gasteiger partial charge in [0.15, 0.2) is 6.04 Å². The molecule has 0 fully saturated rings. The van der Waals surface area contributed by atoms with E-state index in [1.807, 2.05) is 5.32 Å². The number of ether oxygens (including phenoxy) is 1. The van der Waals surface area contributed by atoms with Gasteiger partial charge < -0.3 is 42.4 Å². The first-order chi connectivity index (χ1) is 13.5. The summed E-state index contributed by atoms with van der Waals surface area (Å²) in [5.41, 5.74) is 10.1. The molecule has 164 valence electrons. The number of amides is 4. The molecule has 9 N–H and O–H groups in total. The molecule has 0 aliphatic rings. The van der Waals surface area contributed by atoms with Gasteiger partial charge in [0.05, 0.1) is 0 Å². The summed E-state index contributed by atoms with van der Waals surface area (Å²) in [5, 5.41) is 23.8. The molecule has 0 heterocycles. The number of thiol groups is 1. The van der Waals surface area contributed by atoms with Crippen LogP contribution in [0, 0.1) is 0 Å². The van der Waals surface area contributed by atoms with E-state index in [-0.39, 0.29) is 18.6 Å². The van der Waals surface area contributed by atoms with E-state index in [9.17, 15) is 28.8 Å². The first-order valence-electron chi connectivity index (χ1n) is 8.08. The predicted octanol–water partition coefficient (Wildman–Crippen LogP) is -3.63. The maximum absolute atomic E-state index is 12.0. The van der Waals surface area contributed by atoms with Crippen molar-refractivity contribution in [2.45, 2.75) is 31.0 Å². The second-order valence-electron chi connectivity index (χ2n) is 5.59. The van der Waals surface area contributed by atoms with Crippen LogP contribution in [0.25, 0.3) is 0 Å². The minimum absolute atomic E-state index is 0.124. The van der Waals surface area contributed by atoms with Gasteiger partial charge in [0.2, 0.25) is 11.8 Å². The third-order valence-corrected chi connectivity index (χ3v) is 3.63. The zero-order chi connectivity index (χ0) is 22.6. The lowest BCUT2D eigenvalue weighted by Crippen LogP contribution is -2.50. The molecule has 0 saturated carbocycles. The van der Waals surface area contributed by atoms with Crippen molar-refractivity contribution in [2.24, 2.45) is 11.5 Å². The van der Waals surface area contributed by atoms with Crippen LogP contribution in [-0.4, -0.2) is 83.0 Å². The molecule has 29 heavy (non-hydrogen) atoms. The number of esters is 1. The number of nitrogens with two attached hydrogens (primary N) is 2. The maximum atomic E-state index is 12.0. The van der Waals surface area contributed by atoms with E-state index in [1.165, 1.54) is 0 Å². The number of carbonyl (C=O) groups excluding carboxylic acids is 4. The largest absolute Gasteiger partial charge is 0.480 e. The zero-order valence-electron chi connectivity index (χ0n) is 15.1. The summed E-state index contributed by atoms with van der Waals surface area (Å²) in [5.74, 6) is -5.30. The summed E-state index contributed by atoms with van der Waals surface area (Å²) >= 11 is 3.91. The van der Waals surface area contributed by atoms with E-state index < -0.39 is 67.0 Å². The number of nitrogens with one attached hydrogen (secondary N) is 3. The Morgan fingerprint density at radius 3 is 2.10 bits per heavy atom. The second kappa shape index (κ2) is 13.2. The number of urea groups is 1. The molecule has 0 aliphatic carbocycles. The number of primary amides is 1. The van der Waals surface area contributed by atoms with E-state index in [4.69, 9.17) is 21.7 Å². The molecule has 4 amide bonds. The van der Waals surface area contributed by atoms with Gasteiger partial charge in [0.1, 0.15) is 25.2 Å². The second-order valence-corrected chi connectivity index (χ2v) is 5.95. The number of carbonyl (C=O) groups is 6. The molecule has 0 aliphatic heterocycles. The topological polar surface area (TPSA) is 240 Å². The van der Waals surface area contributed by atoms with E-state index in [0.717, 1.165) is 0 Å². The lowest BCUT2D eigenvalue weighted by atomic mass is 10.1. The number of hydrogen-bond acceptors (Lipinski definition) is 9. The Hall–Kier alpha value is -3.07. The molecule has 2 unspecified atom stereocenters. The van der Waals surface area contributed by atoms with Crippen LogP contribution in [0.4, 0.5) is 4.79 Å².